The van der Waals surface area contributed by atoms with Crippen LogP contribution in [0.4, 0.5) is 5.69 Å². The van der Waals surface area contributed by atoms with Gasteiger partial charge in [-0.15, -0.1) is 0 Å². The van der Waals surface area contributed by atoms with Crippen LogP contribution in [0.1, 0.15) is 52.8 Å². The van der Waals surface area contributed by atoms with Crippen molar-refractivity contribution < 1.29 is 19.2 Å². The molecule has 3 saturated heterocycles. The first kappa shape index (κ1) is 17.4. The van der Waals surface area contributed by atoms with Gasteiger partial charge in [-0.2, -0.15) is 0 Å². The van der Waals surface area contributed by atoms with Gasteiger partial charge in [-0.3, -0.25) is 29.4 Å². The molecule has 28 heavy (non-hydrogen) atoms. The molecule has 0 radical (unpaired) electrons. The summed E-state index contributed by atoms with van der Waals surface area (Å²) in [4.78, 5) is 50.2. The second-order valence-corrected chi connectivity index (χ2v) is 8.15. The van der Waals surface area contributed by atoms with E-state index in [4.69, 9.17) is 0 Å². The van der Waals surface area contributed by atoms with Crippen LogP contribution in [0.3, 0.4) is 0 Å². The molecule has 6 rings (SSSR count). The SMILES string of the molecule is O=C1CCC(N2C(=O)c3ccc(NC4CC5CCC4NC5)cc3C2=O)C(=O)N1. The number of nitrogens with zero attached hydrogens (tertiary/aromatic N) is 1. The second-order valence-electron chi connectivity index (χ2n) is 8.15. The number of fused-ring (bicyclic) bond motifs is 4. The lowest BCUT2D eigenvalue weighted by atomic mass is 9.78. The van der Waals surface area contributed by atoms with Crippen molar-refractivity contribution in [3.05, 3.63) is 29.3 Å². The zero-order valence-corrected chi connectivity index (χ0v) is 15.4. The van der Waals surface area contributed by atoms with Crippen LogP contribution < -0.4 is 16.0 Å². The Kier molecular flexibility index (Phi) is 3.97. The largest absolute Gasteiger partial charge is 0.381 e. The first-order valence-electron chi connectivity index (χ1n) is 9.87. The van der Waals surface area contributed by atoms with Gasteiger partial charge in [-0.05, 0) is 56.3 Å². The van der Waals surface area contributed by atoms with Crippen LogP contribution in [-0.4, -0.2) is 53.2 Å². The number of benzene rings is 1. The molecule has 4 heterocycles. The van der Waals surface area contributed by atoms with Crippen molar-refractivity contribution in [1.29, 1.82) is 0 Å². The molecule has 0 spiro atoms. The minimum atomic E-state index is -0.931. The Morgan fingerprint density at radius 2 is 1.82 bits per heavy atom. The van der Waals surface area contributed by atoms with Gasteiger partial charge in [-0.25, -0.2) is 0 Å². The first-order chi connectivity index (χ1) is 13.5. The zero-order valence-electron chi connectivity index (χ0n) is 15.4. The maximum atomic E-state index is 12.9. The van der Waals surface area contributed by atoms with Crippen molar-refractivity contribution in [3.8, 4) is 0 Å². The standard InChI is InChI=1S/C20H22N4O4/c25-17-6-5-16(18(26)23-17)24-19(27)12-3-2-11(8-13(12)20(24)28)22-15-7-10-1-4-14(15)21-9-10/h2-3,8,10,14-16,21-22H,1,4-7,9H2,(H,23,25,26). The quantitative estimate of drug-likeness (QED) is 0.663. The van der Waals surface area contributed by atoms with Crippen LogP contribution >= 0.6 is 0 Å². The third kappa shape index (κ3) is 2.71. The monoisotopic (exact) mass is 382 g/mol. The van der Waals surface area contributed by atoms with Crippen molar-refractivity contribution in [1.82, 2.24) is 15.5 Å². The smallest absolute Gasteiger partial charge is 0.262 e. The number of imide groups is 2. The molecule has 4 atom stereocenters. The average Bonchev–Trinajstić information content (AvgIpc) is 2.93. The van der Waals surface area contributed by atoms with Crippen molar-refractivity contribution in [2.75, 3.05) is 11.9 Å². The topological polar surface area (TPSA) is 108 Å². The van der Waals surface area contributed by atoms with E-state index in [0.29, 0.717) is 29.1 Å². The predicted octanol–water partition coefficient (Wildman–Crippen LogP) is 0.640. The normalized spacial score (nSPS) is 31.8. The molecular formula is C20H22N4O4. The highest BCUT2D eigenvalue weighted by Crippen LogP contribution is 2.33. The Bertz CT molecular complexity index is 890. The predicted molar refractivity (Wildman–Crippen MR) is 99.7 cm³/mol. The van der Waals surface area contributed by atoms with Crippen LogP contribution in [0.5, 0.6) is 0 Å². The summed E-state index contributed by atoms with van der Waals surface area (Å²) in [5.41, 5.74) is 1.43. The molecule has 0 aromatic heterocycles. The lowest BCUT2D eigenvalue weighted by Crippen LogP contribution is -2.55. The Morgan fingerprint density at radius 1 is 1.00 bits per heavy atom. The van der Waals surface area contributed by atoms with Gasteiger partial charge in [0, 0.05) is 24.2 Å². The molecule has 8 nitrogen and oxygen atoms in total. The number of piperidine rings is 3. The van der Waals surface area contributed by atoms with Crippen LogP contribution in [0.2, 0.25) is 0 Å². The highest BCUT2D eigenvalue weighted by Gasteiger charge is 2.44. The lowest BCUT2D eigenvalue weighted by molar-refractivity contribution is -0.136. The molecule has 1 aromatic rings. The molecule has 8 heteroatoms. The van der Waals surface area contributed by atoms with Gasteiger partial charge in [0.2, 0.25) is 11.8 Å². The summed E-state index contributed by atoms with van der Waals surface area (Å²) in [7, 11) is 0. The number of nitrogens with one attached hydrogen (secondary N) is 3. The van der Waals surface area contributed by atoms with Crippen molar-refractivity contribution >= 4 is 29.3 Å². The number of hydrogen-bond acceptors (Lipinski definition) is 6. The van der Waals surface area contributed by atoms with E-state index < -0.39 is 23.8 Å². The fourth-order valence-corrected chi connectivity index (χ4v) is 4.94. The fourth-order valence-electron chi connectivity index (χ4n) is 4.94. The van der Waals surface area contributed by atoms with Crippen LogP contribution in [0.15, 0.2) is 18.2 Å². The third-order valence-electron chi connectivity index (χ3n) is 6.42. The van der Waals surface area contributed by atoms with Crippen molar-refractivity contribution in [2.24, 2.45) is 5.92 Å². The molecule has 4 fully saturated rings. The molecular weight excluding hydrogens is 360 g/mol. The van der Waals surface area contributed by atoms with Gasteiger partial charge in [0.1, 0.15) is 6.04 Å². The molecule has 5 aliphatic rings. The molecule has 1 aromatic carbocycles. The van der Waals surface area contributed by atoms with Crippen molar-refractivity contribution in [2.45, 2.75) is 50.2 Å². The van der Waals surface area contributed by atoms with Gasteiger partial charge in [0.05, 0.1) is 11.1 Å². The van der Waals surface area contributed by atoms with Gasteiger partial charge >= 0.3 is 0 Å². The summed E-state index contributed by atoms with van der Waals surface area (Å²) in [6, 6.07) is 4.99. The molecule has 146 valence electrons. The molecule has 4 amide bonds. The Morgan fingerprint density at radius 3 is 2.50 bits per heavy atom. The Labute approximate surface area is 162 Å². The van der Waals surface area contributed by atoms with E-state index in [0.717, 1.165) is 30.0 Å². The van der Waals surface area contributed by atoms with E-state index in [1.165, 1.54) is 6.42 Å². The first-order valence-corrected chi connectivity index (χ1v) is 9.87. The molecule has 4 unspecified atom stereocenters. The number of amides is 4. The summed E-state index contributed by atoms with van der Waals surface area (Å²) in [5, 5.41) is 9.28. The highest BCUT2D eigenvalue weighted by atomic mass is 16.2. The molecule has 3 N–H and O–H groups in total. The molecule has 4 aliphatic heterocycles. The van der Waals surface area contributed by atoms with E-state index in [-0.39, 0.29) is 18.7 Å². The van der Waals surface area contributed by atoms with E-state index in [1.54, 1.807) is 12.1 Å². The maximum Gasteiger partial charge on any atom is 0.262 e. The van der Waals surface area contributed by atoms with Crippen LogP contribution in [0.25, 0.3) is 0 Å². The van der Waals surface area contributed by atoms with E-state index >= 15 is 0 Å². The van der Waals surface area contributed by atoms with Gasteiger partial charge in [0.25, 0.3) is 11.8 Å². The average molecular weight is 382 g/mol. The summed E-state index contributed by atoms with van der Waals surface area (Å²) in [6.07, 6.45) is 3.79. The van der Waals surface area contributed by atoms with E-state index in [2.05, 4.69) is 16.0 Å². The summed E-state index contributed by atoms with van der Waals surface area (Å²) in [6.45, 7) is 1.07. The summed E-state index contributed by atoms with van der Waals surface area (Å²) in [5.74, 6) is -1.22. The maximum absolute atomic E-state index is 12.9. The van der Waals surface area contributed by atoms with Gasteiger partial charge in [-0.1, -0.05) is 0 Å². The molecule has 1 saturated carbocycles. The summed E-state index contributed by atoms with van der Waals surface area (Å²) < 4.78 is 0. The number of anilines is 1. The minimum Gasteiger partial charge on any atom is -0.381 e. The lowest BCUT2D eigenvalue weighted by Gasteiger charge is -2.43. The number of hydrogen-bond donors (Lipinski definition) is 3. The number of carbonyl (C=O) groups is 4. The van der Waals surface area contributed by atoms with E-state index in [1.807, 2.05) is 6.07 Å². The number of rotatable bonds is 3. The second kappa shape index (κ2) is 6.41. The molecule has 2 bridgehead atoms. The third-order valence-corrected chi connectivity index (χ3v) is 6.42. The zero-order chi connectivity index (χ0) is 19.4. The van der Waals surface area contributed by atoms with E-state index in [9.17, 15) is 19.2 Å². The van der Waals surface area contributed by atoms with Gasteiger partial charge < -0.3 is 10.6 Å². The van der Waals surface area contributed by atoms with Gasteiger partial charge in [0.15, 0.2) is 0 Å². The fraction of sp³-hybridized carbons (Fsp3) is 0.500. The number of carbonyl (C=O) groups excluding carboxylic acids is 4. The van der Waals surface area contributed by atoms with Crippen molar-refractivity contribution in [3.63, 3.8) is 0 Å². The highest BCUT2D eigenvalue weighted by molar-refractivity contribution is 6.23. The van der Waals surface area contributed by atoms with Crippen LogP contribution in [-0.2, 0) is 9.59 Å². The molecule has 1 aliphatic carbocycles. The van der Waals surface area contributed by atoms with Crippen LogP contribution in [0, 0.1) is 5.92 Å². The summed E-state index contributed by atoms with van der Waals surface area (Å²) >= 11 is 0. The Hall–Kier alpha value is -2.74. The minimum absolute atomic E-state index is 0.119. The Balaban J connectivity index is 1.37.